The Morgan fingerprint density at radius 2 is 1.81 bits per heavy atom. The lowest BCUT2D eigenvalue weighted by molar-refractivity contribution is 0.332. The quantitative estimate of drug-likeness (QED) is 0.374. The smallest absolute Gasteiger partial charge is 0.191 e. The van der Waals surface area contributed by atoms with Crippen LogP contribution >= 0.6 is 24.0 Å². The van der Waals surface area contributed by atoms with Gasteiger partial charge in [0.05, 0.1) is 0 Å². The van der Waals surface area contributed by atoms with E-state index in [4.69, 9.17) is 0 Å². The SMILES string of the molecule is CCCCN(C)CCNC(=NC)NCCn1cccc1.I. The second-order valence-corrected chi connectivity index (χ2v) is 5.00. The van der Waals surface area contributed by atoms with Gasteiger partial charge in [-0.05, 0) is 32.1 Å². The number of hydrogen-bond donors (Lipinski definition) is 2. The highest BCUT2D eigenvalue weighted by molar-refractivity contribution is 14.0. The molecule has 0 aliphatic heterocycles. The molecule has 0 atom stereocenters. The molecule has 0 unspecified atom stereocenters. The molecule has 6 heteroatoms. The lowest BCUT2D eigenvalue weighted by Gasteiger charge is -2.18. The molecule has 5 nitrogen and oxygen atoms in total. The highest BCUT2D eigenvalue weighted by atomic mass is 127. The Morgan fingerprint density at radius 3 is 2.43 bits per heavy atom. The number of nitrogens with one attached hydrogen (secondary N) is 2. The molecule has 0 aromatic carbocycles. The first-order chi connectivity index (χ1) is 9.76. The van der Waals surface area contributed by atoms with Crippen molar-refractivity contribution in [3.05, 3.63) is 24.5 Å². The first-order valence-electron chi connectivity index (χ1n) is 7.50. The molecule has 0 aliphatic rings. The van der Waals surface area contributed by atoms with Gasteiger partial charge in [-0.25, -0.2) is 0 Å². The second-order valence-electron chi connectivity index (χ2n) is 5.00. The molecular weight excluding hydrogens is 377 g/mol. The number of guanidine groups is 1. The van der Waals surface area contributed by atoms with E-state index in [9.17, 15) is 0 Å². The molecule has 0 saturated heterocycles. The Kier molecular flexibility index (Phi) is 12.5. The van der Waals surface area contributed by atoms with E-state index in [0.29, 0.717) is 0 Å². The molecule has 0 amide bonds. The molecular formula is C15H30IN5. The van der Waals surface area contributed by atoms with Gasteiger partial charge >= 0.3 is 0 Å². The number of aliphatic imine (C=N–C) groups is 1. The average Bonchev–Trinajstić information content (AvgIpc) is 2.96. The lowest BCUT2D eigenvalue weighted by atomic mass is 10.3. The van der Waals surface area contributed by atoms with E-state index in [1.807, 2.05) is 19.2 Å². The molecule has 0 saturated carbocycles. The Hall–Kier alpha value is -0.760. The fraction of sp³-hybridized carbons (Fsp3) is 0.667. The summed E-state index contributed by atoms with van der Waals surface area (Å²) in [5.41, 5.74) is 0. The minimum atomic E-state index is 0. The molecule has 1 heterocycles. The van der Waals surface area contributed by atoms with Crippen LogP contribution in [0.3, 0.4) is 0 Å². The summed E-state index contributed by atoms with van der Waals surface area (Å²) < 4.78 is 2.15. The molecule has 2 N–H and O–H groups in total. The maximum Gasteiger partial charge on any atom is 0.191 e. The summed E-state index contributed by atoms with van der Waals surface area (Å²) in [7, 11) is 3.98. The standard InChI is InChI=1S/C15H29N5.HI/c1-4-5-10-19(3)13-8-17-15(16-2)18-9-14-20-11-6-7-12-20;/h6-7,11-12H,4-5,8-10,13-14H2,1-3H3,(H2,16,17,18);1H. The van der Waals surface area contributed by atoms with E-state index in [0.717, 1.165) is 38.7 Å². The van der Waals surface area contributed by atoms with E-state index in [1.165, 1.54) is 12.8 Å². The zero-order valence-corrected chi connectivity index (χ0v) is 15.8. The average molecular weight is 407 g/mol. The van der Waals surface area contributed by atoms with Crippen molar-refractivity contribution in [2.24, 2.45) is 4.99 Å². The second kappa shape index (κ2) is 12.9. The number of halogens is 1. The zero-order chi connectivity index (χ0) is 14.6. The van der Waals surface area contributed by atoms with Crippen LogP contribution in [-0.2, 0) is 6.54 Å². The van der Waals surface area contributed by atoms with Gasteiger partial charge in [0.1, 0.15) is 0 Å². The van der Waals surface area contributed by atoms with E-state index in [-0.39, 0.29) is 24.0 Å². The number of likely N-dealkylation sites (N-methyl/N-ethyl adjacent to an activating group) is 1. The molecule has 0 fully saturated rings. The number of unbranched alkanes of at least 4 members (excludes halogenated alkanes) is 1. The maximum atomic E-state index is 4.23. The molecule has 0 radical (unpaired) electrons. The van der Waals surface area contributed by atoms with Gasteiger partial charge in [0.15, 0.2) is 5.96 Å². The predicted octanol–water partition coefficient (Wildman–Crippen LogP) is 2.00. The van der Waals surface area contributed by atoms with Crippen molar-refractivity contribution < 1.29 is 0 Å². The van der Waals surface area contributed by atoms with Crippen molar-refractivity contribution in [1.29, 1.82) is 0 Å². The van der Waals surface area contributed by atoms with Gasteiger partial charge in [-0.3, -0.25) is 4.99 Å². The van der Waals surface area contributed by atoms with Gasteiger partial charge in [0.25, 0.3) is 0 Å². The Labute approximate surface area is 146 Å². The molecule has 1 rings (SSSR count). The molecule has 0 bridgehead atoms. The van der Waals surface area contributed by atoms with Gasteiger partial charge in [-0.15, -0.1) is 24.0 Å². The zero-order valence-electron chi connectivity index (χ0n) is 13.5. The lowest BCUT2D eigenvalue weighted by Crippen LogP contribution is -2.42. The van der Waals surface area contributed by atoms with E-state index < -0.39 is 0 Å². The van der Waals surface area contributed by atoms with E-state index in [1.54, 1.807) is 0 Å². The summed E-state index contributed by atoms with van der Waals surface area (Å²) in [6, 6.07) is 4.08. The number of aromatic nitrogens is 1. The highest BCUT2D eigenvalue weighted by Crippen LogP contribution is 1.90. The third-order valence-electron chi connectivity index (χ3n) is 3.23. The van der Waals surface area contributed by atoms with Gasteiger partial charge in [0.2, 0.25) is 0 Å². The monoisotopic (exact) mass is 407 g/mol. The number of hydrogen-bond acceptors (Lipinski definition) is 2. The van der Waals surface area contributed by atoms with Crippen LogP contribution in [0.25, 0.3) is 0 Å². The van der Waals surface area contributed by atoms with Crippen LogP contribution in [0.2, 0.25) is 0 Å². The van der Waals surface area contributed by atoms with Crippen LogP contribution in [0.5, 0.6) is 0 Å². The minimum Gasteiger partial charge on any atom is -0.355 e. The van der Waals surface area contributed by atoms with Crippen molar-refractivity contribution in [2.45, 2.75) is 26.3 Å². The van der Waals surface area contributed by atoms with Crippen LogP contribution in [0.1, 0.15) is 19.8 Å². The van der Waals surface area contributed by atoms with Crippen LogP contribution in [-0.4, -0.2) is 55.7 Å². The third kappa shape index (κ3) is 9.73. The van der Waals surface area contributed by atoms with E-state index in [2.05, 4.69) is 51.5 Å². The fourth-order valence-electron chi connectivity index (χ4n) is 1.95. The summed E-state index contributed by atoms with van der Waals surface area (Å²) in [6.07, 6.45) is 6.65. The Balaban J connectivity index is 0.00000400. The first kappa shape index (κ1) is 20.2. The minimum absolute atomic E-state index is 0. The van der Waals surface area contributed by atoms with Crippen molar-refractivity contribution in [3.8, 4) is 0 Å². The molecule has 122 valence electrons. The van der Waals surface area contributed by atoms with Crippen molar-refractivity contribution in [1.82, 2.24) is 20.1 Å². The first-order valence-corrected chi connectivity index (χ1v) is 7.50. The molecule has 1 aromatic rings. The summed E-state index contributed by atoms with van der Waals surface area (Å²) in [5.74, 6) is 0.876. The molecule has 0 spiro atoms. The Bertz CT molecular complexity index is 364. The van der Waals surface area contributed by atoms with Crippen molar-refractivity contribution >= 4 is 29.9 Å². The molecule has 1 aromatic heterocycles. The molecule has 0 aliphatic carbocycles. The summed E-state index contributed by atoms with van der Waals surface area (Å²) in [6.45, 7) is 7.17. The summed E-state index contributed by atoms with van der Waals surface area (Å²) in [5, 5.41) is 6.67. The fourth-order valence-corrected chi connectivity index (χ4v) is 1.95. The number of nitrogens with zero attached hydrogens (tertiary/aromatic N) is 3. The highest BCUT2D eigenvalue weighted by Gasteiger charge is 1.99. The Morgan fingerprint density at radius 1 is 1.14 bits per heavy atom. The third-order valence-corrected chi connectivity index (χ3v) is 3.23. The van der Waals surface area contributed by atoms with E-state index >= 15 is 0 Å². The van der Waals surface area contributed by atoms with Crippen LogP contribution < -0.4 is 10.6 Å². The van der Waals surface area contributed by atoms with Crippen LogP contribution in [0.15, 0.2) is 29.5 Å². The summed E-state index contributed by atoms with van der Waals surface area (Å²) in [4.78, 5) is 6.58. The van der Waals surface area contributed by atoms with Crippen LogP contribution in [0, 0.1) is 0 Å². The largest absolute Gasteiger partial charge is 0.355 e. The predicted molar refractivity (Wildman–Crippen MR) is 102 cm³/mol. The van der Waals surface area contributed by atoms with Gasteiger partial charge in [-0.2, -0.15) is 0 Å². The maximum absolute atomic E-state index is 4.23. The van der Waals surface area contributed by atoms with Gasteiger partial charge in [0, 0.05) is 45.6 Å². The van der Waals surface area contributed by atoms with Gasteiger partial charge in [-0.1, -0.05) is 13.3 Å². The number of rotatable bonds is 9. The van der Waals surface area contributed by atoms with Gasteiger partial charge < -0.3 is 20.1 Å². The summed E-state index contributed by atoms with van der Waals surface area (Å²) >= 11 is 0. The topological polar surface area (TPSA) is 44.6 Å². The van der Waals surface area contributed by atoms with Crippen LogP contribution in [0.4, 0.5) is 0 Å². The van der Waals surface area contributed by atoms with Crippen molar-refractivity contribution in [3.63, 3.8) is 0 Å². The molecule has 21 heavy (non-hydrogen) atoms. The normalized spacial score (nSPS) is 11.3. The van der Waals surface area contributed by atoms with Crippen molar-refractivity contribution in [2.75, 3.05) is 40.3 Å².